The molecule has 1 amide bonds. The molecule has 5 aliphatic carbocycles. The van der Waals surface area contributed by atoms with Gasteiger partial charge in [0.2, 0.25) is 5.91 Å². The van der Waals surface area contributed by atoms with E-state index in [1.54, 1.807) is 33.2 Å². The normalized spacial score (nSPS) is 22.6. The molecule has 0 aliphatic heterocycles. The number of hydrogen-bond acceptors (Lipinski definition) is 6. The molecular formula is C32H38N2O4S2. The minimum Gasteiger partial charge on any atom is -0.493 e. The van der Waals surface area contributed by atoms with Crippen LogP contribution in [0.3, 0.4) is 0 Å². The number of nitrogens with two attached hydrogens (primary N) is 1. The summed E-state index contributed by atoms with van der Waals surface area (Å²) >= 11 is 0. The highest BCUT2D eigenvalue weighted by molar-refractivity contribution is 8.76. The third-order valence-electron chi connectivity index (χ3n) is 8.33. The summed E-state index contributed by atoms with van der Waals surface area (Å²) in [5, 5.41) is 11.9. The summed E-state index contributed by atoms with van der Waals surface area (Å²) in [6.45, 7) is 1.86. The van der Waals surface area contributed by atoms with Crippen LogP contribution in [0.4, 0.5) is 0 Å². The molecule has 2 aromatic rings. The molecule has 6 nitrogen and oxygen atoms in total. The lowest BCUT2D eigenvalue weighted by Crippen LogP contribution is -2.49. The van der Waals surface area contributed by atoms with Crippen LogP contribution in [-0.4, -0.2) is 48.2 Å². The number of carboxylic acid groups (broad SMARTS) is 1. The number of benzene rings is 2. The first-order valence-electron chi connectivity index (χ1n) is 14.2. The monoisotopic (exact) mass is 578 g/mol. The van der Waals surface area contributed by atoms with Crippen LogP contribution >= 0.6 is 21.6 Å². The maximum atomic E-state index is 12.3. The van der Waals surface area contributed by atoms with Crippen molar-refractivity contribution in [1.82, 2.24) is 5.32 Å². The van der Waals surface area contributed by atoms with Gasteiger partial charge < -0.3 is 20.9 Å². The van der Waals surface area contributed by atoms with E-state index in [1.807, 2.05) is 24.3 Å². The molecule has 40 heavy (non-hydrogen) atoms. The maximum absolute atomic E-state index is 12.3. The zero-order valence-electron chi connectivity index (χ0n) is 22.8. The average Bonchev–Trinajstić information content (AvgIpc) is 2.96. The highest BCUT2D eigenvalue weighted by Crippen LogP contribution is 2.64. The molecule has 0 saturated heterocycles. The second-order valence-electron chi connectivity index (χ2n) is 11.0. The lowest BCUT2D eigenvalue weighted by atomic mass is 9.46. The van der Waals surface area contributed by atoms with Crippen molar-refractivity contribution in [3.05, 3.63) is 71.3 Å². The molecule has 2 aromatic carbocycles. The topological polar surface area (TPSA) is 102 Å². The van der Waals surface area contributed by atoms with E-state index >= 15 is 0 Å². The van der Waals surface area contributed by atoms with Crippen LogP contribution < -0.4 is 15.8 Å². The van der Waals surface area contributed by atoms with E-state index in [4.69, 9.17) is 15.6 Å². The van der Waals surface area contributed by atoms with E-state index in [-0.39, 0.29) is 11.3 Å². The fraction of sp³-hybridized carbons (Fsp3) is 0.438. The Labute approximate surface area is 244 Å². The van der Waals surface area contributed by atoms with Gasteiger partial charge in [-0.2, -0.15) is 0 Å². The molecule has 8 heteroatoms. The highest BCUT2D eigenvalue weighted by atomic mass is 33.1. The van der Waals surface area contributed by atoms with Gasteiger partial charge in [-0.1, -0.05) is 63.6 Å². The molecule has 0 spiro atoms. The Bertz CT molecular complexity index is 1260. The van der Waals surface area contributed by atoms with E-state index in [0.717, 1.165) is 58.3 Å². The Morgan fingerprint density at radius 3 is 2.55 bits per heavy atom. The lowest BCUT2D eigenvalue weighted by molar-refractivity contribution is -0.131. The average molecular weight is 579 g/mol. The van der Waals surface area contributed by atoms with Crippen LogP contribution in [0.25, 0.3) is 17.2 Å². The van der Waals surface area contributed by atoms with Gasteiger partial charge >= 0.3 is 5.97 Å². The molecule has 7 rings (SSSR count). The van der Waals surface area contributed by atoms with Crippen molar-refractivity contribution in [3.8, 4) is 16.9 Å². The molecule has 5 aliphatic rings. The minimum atomic E-state index is -0.952. The smallest absolute Gasteiger partial charge is 0.328 e. The van der Waals surface area contributed by atoms with Crippen LogP contribution in [-0.2, 0) is 15.0 Å². The number of carboxylic acids is 1. The van der Waals surface area contributed by atoms with Crippen LogP contribution in [0.15, 0.2) is 60.2 Å². The van der Waals surface area contributed by atoms with Crippen LogP contribution in [0.1, 0.15) is 49.7 Å². The molecule has 0 radical (unpaired) electrons. The molecule has 2 atom stereocenters. The van der Waals surface area contributed by atoms with Crippen molar-refractivity contribution in [3.63, 3.8) is 0 Å². The molecule has 4 N–H and O–H groups in total. The maximum Gasteiger partial charge on any atom is 0.328 e. The molecule has 3 fully saturated rings. The summed E-state index contributed by atoms with van der Waals surface area (Å²) in [4.78, 5) is 23.1. The molecule has 0 heterocycles. The van der Waals surface area contributed by atoms with Crippen molar-refractivity contribution in [2.45, 2.75) is 43.9 Å². The fourth-order valence-corrected chi connectivity index (χ4v) is 8.23. The molecular weight excluding hydrogens is 540 g/mol. The first-order valence-corrected chi connectivity index (χ1v) is 16.7. The Morgan fingerprint density at radius 2 is 1.82 bits per heavy atom. The van der Waals surface area contributed by atoms with Gasteiger partial charge in [0.25, 0.3) is 0 Å². The predicted octanol–water partition coefficient (Wildman–Crippen LogP) is 6.06. The number of amides is 1. The lowest BCUT2D eigenvalue weighted by Gasteiger charge is -2.58. The Hall–Kier alpha value is -2.68. The van der Waals surface area contributed by atoms with Gasteiger partial charge in [0.1, 0.15) is 5.75 Å². The van der Waals surface area contributed by atoms with E-state index in [0.29, 0.717) is 32.5 Å². The van der Waals surface area contributed by atoms with E-state index < -0.39 is 5.97 Å². The van der Waals surface area contributed by atoms with Gasteiger partial charge in [-0.3, -0.25) is 4.79 Å². The number of rotatable bonds is 15. The zero-order chi connectivity index (χ0) is 28.0. The number of ether oxygens (including phenoxy) is 1. The number of carbonyl (C=O) groups is 2. The van der Waals surface area contributed by atoms with Crippen LogP contribution in [0.2, 0.25) is 0 Å². The van der Waals surface area contributed by atoms with Crippen molar-refractivity contribution in [1.29, 1.82) is 0 Å². The van der Waals surface area contributed by atoms with Gasteiger partial charge in [0.05, 0.1) is 6.61 Å². The number of aliphatic carboxylic acids is 1. The third-order valence-corrected chi connectivity index (χ3v) is 10.8. The van der Waals surface area contributed by atoms with Crippen molar-refractivity contribution in [2.24, 2.45) is 17.6 Å². The van der Waals surface area contributed by atoms with Gasteiger partial charge in [-0.05, 0) is 78.8 Å². The summed E-state index contributed by atoms with van der Waals surface area (Å²) in [6.07, 6.45) is 11.2. The van der Waals surface area contributed by atoms with E-state index in [2.05, 4.69) is 29.6 Å². The molecule has 0 aromatic heterocycles. The number of carbonyl (C=O) groups excluding carboxylic acids is 1. The Morgan fingerprint density at radius 1 is 1.07 bits per heavy atom. The summed E-state index contributed by atoms with van der Waals surface area (Å²) in [7, 11) is 3.48. The predicted molar refractivity (Wildman–Crippen MR) is 165 cm³/mol. The van der Waals surface area contributed by atoms with Gasteiger partial charge in [0, 0.05) is 48.1 Å². The summed E-state index contributed by atoms with van der Waals surface area (Å²) in [5.74, 6) is 3.31. The Balaban J connectivity index is 1.24. The first kappa shape index (κ1) is 28.8. The van der Waals surface area contributed by atoms with Crippen molar-refractivity contribution >= 4 is 39.5 Å². The molecule has 3 saturated carbocycles. The van der Waals surface area contributed by atoms with E-state index in [9.17, 15) is 9.59 Å². The SMILES string of the molecule is NCCSSCCNC(=O)CCCOc1ccc(-c2ccc(/C=C/C(=O)O)cc2)cc1C12CC=C3C(CC3C1)C2. The van der Waals surface area contributed by atoms with Crippen molar-refractivity contribution < 1.29 is 19.4 Å². The fourth-order valence-electron chi connectivity index (χ4n) is 6.47. The second kappa shape index (κ2) is 13.3. The van der Waals surface area contributed by atoms with Crippen molar-refractivity contribution in [2.75, 3.05) is 31.2 Å². The number of fused-ring (bicyclic) bond motifs is 1. The van der Waals surface area contributed by atoms with Gasteiger partial charge in [0.15, 0.2) is 0 Å². The molecule has 4 bridgehead atoms. The van der Waals surface area contributed by atoms with Gasteiger partial charge in [-0.25, -0.2) is 4.79 Å². The Kier molecular flexibility index (Phi) is 9.60. The summed E-state index contributed by atoms with van der Waals surface area (Å²) < 4.78 is 6.38. The van der Waals surface area contributed by atoms with Crippen LogP contribution in [0, 0.1) is 11.8 Å². The third kappa shape index (κ3) is 6.78. The molecule has 2 unspecified atom stereocenters. The quantitative estimate of drug-likeness (QED) is 0.102. The largest absolute Gasteiger partial charge is 0.493 e. The number of hydrogen-bond donors (Lipinski definition) is 3. The van der Waals surface area contributed by atoms with Gasteiger partial charge in [-0.15, -0.1) is 0 Å². The minimum absolute atomic E-state index is 0.0705. The number of allylic oxidation sites excluding steroid dienone is 2. The zero-order valence-corrected chi connectivity index (χ0v) is 24.4. The first-order chi connectivity index (χ1) is 19.5. The highest BCUT2D eigenvalue weighted by Gasteiger charge is 2.54. The molecule has 212 valence electrons. The standard InChI is InChI=1S/C32H38N2O4S2/c33-13-16-39-40-17-14-34-30(35)2-1-15-38-29-9-8-24(23-6-3-22(4-7-23)5-10-31(36)37)19-28(29)32-12-11-27-25(20-32)18-26(27)21-32/h3-11,19,25-26H,1-2,12-18,20-21,33H2,(H,34,35)(H,36,37)/b10-5+. The summed E-state index contributed by atoms with van der Waals surface area (Å²) in [6, 6.07) is 14.5. The second-order valence-corrected chi connectivity index (χ2v) is 13.7. The number of nitrogens with one attached hydrogen (secondary N) is 1. The van der Waals surface area contributed by atoms with E-state index in [1.165, 1.54) is 24.8 Å². The van der Waals surface area contributed by atoms with Crippen LogP contribution in [0.5, 0.6) is 5.75 Å². The summed E-state index contributed by atoms with van der Waals surface area (Å²) in [5.41, 5.74) is 11.7.